The minimum Gasteiger partial charge on any atom is -0.469 e. The molecule has 2 atom stereocenters. The first-order chi connectivity index (χ1) is 17.0. The predicted octanol–water partition coefficient (Wildman–Crippen LogP) is 7.47. The van der Waals surface area contributed by atoms with Gasteiger partial charge in [0.25, 0.3) is 0 Å². The Bertz CT molecular complexity index is 1050. The number of hydrogen-bond acceptors (Lipinski definition) is 3. The zero-order valence-corrected chi connectivity index (χ0v) is 21.5. The van der Waals surface area contributed by atoms with E-state index in [0.717, 1.165) is 38.8 Å². The van der Waals surface area contributed by atoms with E-state index in [0.29, 0.717) is 0 Å². The van der Waals surface area contributed by atoms with Gasteiger partial charge in [-0.3, -0.25) is 4.79 Å². The molecule has 0 heterocycles. The normalized spacial score (nSPS) is 19.1. The third-order valence-electron chi connectivity index (χ3n) is 7.76. The number of esters is 1. The van der Waals surface area contributed by atoms with E-state index in [-0.39, 0.29) is 17.3 Å². The predicted molar refractivity (Wildman–Crippen MR) is 145 cm³/mol. The number of fused-ring (bicyclic) bond motifs is 1. The van der Waals surface area contributed by atoms with Gasteiger partial charge in [-0.05, 0) is 53.6 Å². The summed E-state index contributed by atoms with van der Waals surface area (Å²) in [4.78, 5) is 15.4. The van der Waals surface area contributed by atoms with Crippen LogP contribution in [0.15, 0.2) is 78.9 Å². The van der Waals surface area contributed by atoms with E-state index < -0.39 is 0 Å². The summed E-state index contributed by atoms with van der Waals surface area (Å²) in [5.74, 6) is -0.158. The Morgan fingerprint density at radius 3 is 2.14 bits per heavy atom. The fourth-order valence-electron chi connectivity index (χ4n) is 5.73. The van der Waals surface area contributed by atoms with Gasteiger partial charge < -0.3 is 9.64 Å². The molecule has 1 aliphatic rings. The first kappa shape index (κ1) is 25.0. The molecule has 3 aromatic carbocycles. The van der Waals surface area contributed by atoms with Gasteiger partial charge in [-0.15, -0.1) is 0 Å². The van der Waals surface area contributed by atoms with Crippen LogP contribution in [0.4, 0.5) is 5.69 Å². The largest absolute Gasteiger partial charge is 0.469 e. The fraction of sp³-hybridized carbons (Fsp3) is 0.406. The molecule has 0 aromatic heterocycles. The lowest BCUT2D eigenvalue weighted by molar-refractivity contribution is -0.148. The van der Waals surface area contributed by atoms with Gasteiger partial charge in [0.15, 0.2) is 0 Å². The molecule has 3 aromatic rings. The van der Waals surface area contributed by atoms with Gasteiger partial charge in [-0.25, -0.2) is 0 Å². The number of anilines is 1. The van der Waals surface area contributed by atoms with Crippen molar-refractivity contribution in [1.29, 1.82) is 0 Å². The van der Waals surface area contributed by atoms with E-state index in [4.69, 9.17) is 4.74 Å². The fourth-order valence-corrected chi connectivity index (χ4v) is 5.73. The molecule has 4 rings (SSSR count). The number of unbranched alkanes of at least 4 members (excludes halogenated alkanes) is 2. The van der Waals surface area contributed by atoms with Crippen LogP contribution in [0.2, 0.25) is 0 Å². The summed E-state index contributed by atoms with van der Waals surface area (Å²) in [5, 5.41) is 0. The van der Waals surface area contributed by atoms with E-state index in [9.17, 15) is 4.79 Å². The Morgan fingerprint density at radius 2 is 1.57 bits per heavy atom. The maximum Gasteiger partial charge on any atom is 0.309 e. The summed E-state index contributed by atoms with van der Waals surface area (Å²) in [6.07, 6.45) is 6.28. The number of aryl methyl sites for hydroxylation is 1. The van der Waals surface area contributed by atoms with Crippen LogP contribution in [0, 0.1) is 5.92 Å². The lowest BCUT2D eigenvalue weighted by Gasteiger charge is -2.42. The first-order valence-electron chi connectivity index (χ1n) is 13.1. The molecule has 0 bridgehead atoms. The number of ether oxygens (including phenoxy) is 1. The van der Waals surface area contributed by atoms with Gasteiger partial charge in [-0.2, -0.15) is 0 Å². The van der Waals surface area contributed by atoms with Crippen molar-refractivity contribution in [3.05, 3.63) is 101 Å². The molecule has 0 spiro atoms. The third-order valence-corrected chi connectivity index (χ3v) is 7.76. The van der Waals surface area contributed by atoms with Gasteiger partial charge in [0.2, 0.25) is 0 Å². The number of nitrogens with zero attached hydrogens (tertiary/aromatic N) is 1. The smallest absolute Gasteiger partial charge is 0.309 e. The number of rotatable bonds is 10. The first-order valence-corrected chi connectivity index (χ1v) is 13.1. The third kappa shape index (κ3) is 5.78. The van der Waals surface area contributed by atoms with Crippen LogP contribution in [0.1, 0.15) is 68.2 Å². The molecule has 0 saturated heterocycles. The zero-order valence-electron chi connectivity index (χ0n) is 21.5. The molecule has 3 heteroatoms. The van der Waals surface area contributed by atoms with Gasteiger partial charge in [0.1, 0.15) is 0 Å². The molecule has 0 saturated carbocycles. The second kappa shape index (κ2) is 11.6. The van der Waals surface area contributed by atoms with Crippen molar-refractivity contribution in [2.75, 3.05) is 12.0 Å². The van der Waals surface area contributed by atoms with E-state index in [1.54, 1.807) is 0 Å². The average molecular weight is 470 g/mol. The topological polar surface area (TPSA) is 29.5 Å². The number of methoxy groups -OCH3 is 1. The Balaban J connectivity index is 1.73. The molecule has 3 nitrogen and oxygen atoms in total. The van der Waals surface area contributed by atoms with Crippen LogP contribution in [-0.2, 0) is 34.5 Å². The standard InChI is InChI=1S/C32H39NO2/c1-4-5-12-21-32(2)29(31(34)35-3)20-18-27-17-19-28(22-30(27)32)33(23-25-13-8-6-9-14-25)24-26-15-10-7-11-16-26/h6-11,13-17,19,22,29H,4-5,12,18,20-21,23-24H2,1-3H3/t29-,32-/m0/s1. The quantitative estimate of drug-likeness (QED) is 0.228. The molecule has 35 heavy (non-hydrogen) atoms. The van der Waals surface area contributed by atoms with Crippen LogP contribution in [0.3, 0.4) is 0 Å². The van der Waals surface area contributed by atoms with Crippen molar-refractivity contribution < 1.29 is 9.53 Å². The molecule has 0 amide bonds. The van der Waals surface area contributed by atoms with Crippen molar-refractivity contribution in [2.24, 2.45) is 5.92 Å². The average Bonchev–Trinajstić information content (AvgIpc) is 2.89. The maximum absolute atomic E-state index is 12.9. The molecule has 0 N–H and O–H groups in total. The number of benzene rings is 3. The van der Waals surface area contributed by atoms with Crippen molar-refractivity contribution in [3.63, 3.8) is 0 Å². The second-order valence-corrected chi connectivity index (χ2v) is 10.2. The molecule has 1 aliphatic carbocycles. The van der Waals surface area contributed by atoms with Crippen LogP contribution < -0.4 is 4.90 Å². The SMILES string of the molecule is CCCCC[C@]1(C)c2cc(N(Cc3ccccc3)Cc3ccccc3)ccc2CC[C@H]1C(=O)OC. The lowest BCUT2D eigenvalue weighted by atomic mass is 9.62. The highest BCUT2D eigenvalue weighted by Crippen LogP contribution is 2.47. The summed E-state index contributed by atoms with van der Waals surface area (Å²) in [7, 11) is 1.53. The molecular weight excluding hydrogens is 430 g/mol. The molecular formula is C32H39NO2. The monoisotopic (exact) mass is 469 g/mol. The van der Waals surface area contributed by atoms with Gasteiger partial charge in [0.05, 0.1) is 13.0 Å². The number of hydrogen-bond donors (Lipinski definition) is 0. The molecule has 0 unspecified atom stereocenters. The molecule has 0 fully saturated rings. The maximum atomic E-state index is 12.9. The van der Waals surface area contributed by atoms with Crippen LogP contribution >= 0.6 is 0 Å². The molecule has 0 radical (unpaired) electrons. The minimum atomic E-state index is -0.211. The second-order valence-electron chi connectivity index (χ2n) is 10.2. The Morgan fingerprint density at radius 1 is 0.943 bits per heavy atom. The Kier molecular flexibility index (Phi) is 8.28. The van der Waals surface area contributed by atoms with Crippen LogP contribution in [0.25, 0.3) is 0 Å². The highest BCUT2D eigenvalue weighted by atomic mass is 16.5. The van der Waals surface area contributed by atoms with E-state index >= 15 is 0 Å². The summed E-state index contributed by atoms with van der Waals surface area (Å²) in [6, 6.07) is 28.3. The van der Waals surface area contributed by atoms with Crippen molar-refractivity contribution in [3.8, 4) is 0 Å². The van der Waals surface area contributed by atoms with Crippen molar-refractivity contribution in [2.45, 2.75) is 70.9 Å². The summed E-state index contributed by atoms with van der Waals surface area (Å²) in [6.45, 7) is 6.20. The van der Waals surface area contributed by atoms with Gasteiger partial charge in [0, 0.05) is 24.2 Å². The van der Waals surface area contributed by atoms with Gasteiger partial charge >= 0.3 is 5.97 Å². The Hall–Kier alpha value is -3.07. The number of carbonyl (C=O) groups excluding carboxylic acids is 1. The van der Waals surface area contributed by atoms with Gasteiger partial charge in [-0.1, -0.05) is 99.8 Å². The van der Waals surface area contributed by atoms with Crippen LogP contribution in [-0.4, -0.2) is 13.1 Å². The summed E-state index contributed by atoms with van der Waals surface area (Å²) in [5.41, 5.74) is 6.30. The highest BCUT2D eigenvalue weighted by Gasteiger charge is 2.44. The van der Waals surface area contributed by atoms with Crippen molar-refractivity contribution in [1.82, 2.24) is 0 Å². The number of carbonyl (C=O) groups is 1. The highest BCUT2D eigenvalue weighted by molar-refractivity contribution is 5.75. The molecule has 184 valence electrons. The van der Waals surface area contributed by atoms with E-state index in [1.165, 1.54) is 47.9 Å². The lowest BCUT2D eigenvalue weighted by Crippen LogP contribution is -2.42. The Labute approximate surface area is 211 Å². The zero-order chi connectivity index (χ0) is 24.7. The molecule has 0 aliphatic heterocycles. The van der Waals surface area contributed by atoms with Crippen LogP contribution in [0.5, 0.6) is 0 Å². The summed E-state index contributed by atoms with van der Waals surface area (Å²) >= 11 is 0. The van der Waals surface area contributed by atoms with E-state index in [2.05, 4.69) is 97.6 Å². The minimum absolute atomic E-state index is 0.0644. The summed E-state index contributed by atoms with van der Waals surface area (Å²) < 4.78 is 5.29. The van der Waals surface area contributed by atoms with Crippen molar-refractivity contribution >= 4 is 11.7 Å². The van der Waals surface area contributed by atoms with E-state index in [1.807, 2.05) is 0 Å².